The van der Waals surface area contributed by atoms with E-state index in [1.165, 1.54) is 6.92 Å². The molecule has 60 valence electrons. The summed E-state index contributed by atoms with van der Waals surface area (Å²) in [4.78, 5) is 11.0. The van der Waals surface area contributed by atoms with Gasteiger partial charge in [-0.2, -0.15) is 0 Å². The van der Waals surface area contributed by atoms with Gasteiger partial charge in [0.2, 0.25) is 0 Å². The van der Waals surface area contributed by atoms with Gasteiger partial charge in [0.1, 0.15) is 0 Å². The van der Waals surface area contributed by atoms with Crippen LogP contribution in [0.2, 0.25) is 0 Å². The summed E-state index contributed by atoms with van der Waals surface area (Å²) >= 11 is 5.05. The molecule has 1 atom stereocenters. The van der Waals surface area contributed by atoms with Crippen molar-refractivity contribution in [3.63, 3.8) is 0 Å². The summed E-state index contributed by atoms with van der Waals surface area (Å²) in [6, 6.07) is 0. The zero-order valence-electron chi connectivity index (χ0n) is 9.43. The Bertz CT molecular complexity index is 216. The minimum Gasteiger partial charge on any atom is -0.466 e. The Morgan fingerprint density at radius 1 is 2.00 bits per heavy atom. The van der Waals surface area contributed by atoms with Crippen LogP contribution in [-0.2, 0) is 9.53 Å². The fourth-order valence-corrected chi connectivity index (χ4v) is 0.366. The molecule has 0 bridgehead atoms. The third-order valence-electron chi connectivity index (χ3n) is 0.633. The zero-order valence-corrected chi connectivity index (χ0v) is 6.18. The molecule has 3 nitrogen and oxygen atoms in total. The third kappa shape index (κ3) is 4.58. The molecule has 0 saturated heterocycles. The number of carbonyl (C=O) groups excluding carboxylic acids is 1. The van der Waals surface area contributed by atoms with E-state index in [1.807, 2.05) is 0 Å². The topological polar surface area (TPSA) is 46.5 Å². The lowest BCUT2D eigenvalue weighted by Crippen LogP contribution is -2.16. The van der Waals surface area contributed by atoms with Crippen LogP contribution in [0.15, 0.2) is 0 Å². The Labute approximate surface area is 70.6 Å². The standard InChI is InChI=1S/C6H11ClO3/c1-2-10-6(9)3-5(8)4-7/h5,8H,2-4H2,1H3/t5-/m1/s1/i3D2,4D2. The van der Waals surface area contributed by atoms with Gasteiger partial charge in [-0.1, -0.05) is 0 Å². The van der Waals surface area contributed by atoms with E-state index in [9.17, 15) is 4.79 Å². The van der Waals surface area contributed by atoms with Crippen LogP contribution < -0.4 is 0 Å². The molecule has 0 aromatic carbocycles. The monoisotopic (exact) mass is 170 g/mol. The predicted octanol–water partition coefficient (Wildman–Crippen LogP) is 0.539. The maximum Gasteiger partial charge on any atom is 0.308 e. The van der Waals surface area contributed by atoms with Crippen molar-refractivity contribution in [1.82, 2.24) is 0 Å². The van der Waals surface area contributed by atoms with E-state index in [1.54, 1.807) is 0 Å². The molecule has 0 aliphatic rings. The normalized spacial score (nSPS) is 21.5. The smallest absolute Gasteiger partial charge is 0.308 e. The average Bonchev–Trinajstić information content (AvgIpc) is 2.01. The number of halogens is 1. The van der Waals surface area contributed by atoms with Crippen molar-refractivity contribution in [3.8, 4) is 0 Å². The molecule has 0 heterocycles. The Hall–Kier alpha value is -0.280. The van der Waals surface area contributed by atoms with Gasteiger partial charge >= 0.3 is 5.97 Å². The number of alkyl halides is 1. The Balaban J connectivity index is 4.69. The fourth-order valence-electron chi connectivity index (χ4n) is 0.312. The lowest BCUT2D eigenvalue weighted by Gasteiger charge is -2.04. The summed E-state index contributed by atoms with van der Waals surface area (Å²) in [5, 5.41) is 9.13. The number of rotatable bonds is 4. The number of esters is 1. The summed E-state index contributed by atoms with van der Waals surface area (Å²) in [7, 11) is 0. The van der Waals surface area contributed by atoms with E-state index < -0.39 is 24.3 Å². The summed E-state index contributed by atoms with van der Waals surface area (Å²) in [5.74, 6) is -4.06. The minimum absolute atomic E-state index is 0.0592. The first-order chi connectivity index (χ1) is 6.14. The fraction of sp³-hybridized carbons (Fsp3) is 0.833. The quantitative estimate of drug-likeness (QED) is 0.495. The molecule has 0 rings (SSSR count). The maximum absolute atomic E-state index is 11.0. The van der Waals surface area contributed by atoms with Gasteiger partial charge in [0.05, 0.1) is 19.1 Å². The van der Waals surface area contributed by atoms with Crippen molar-refractivity contribution in [2.24, 2.45) is 0 Å². The summed E-state index contributed by atoms with van der Waals surface area (Å²) in [5.41, 5.74) is 0. The van der Waals surface area contributed by atoms with Gasteiger partial charge in [-0.15, -0.1) is 11.6 Å². The highest BCUT2D eigenvalue weighted by atomic mass is 35.5. The van der Waals surface area contributed by atoms with Crippen molar-refractivity contribution < 1.29 is 20.1 Å². The van der Waals surface area contributed by atoms with E-state index in [4.69, 9.17) is 22.2 Å². The van der Waals surface area contributed by atoms with Crippen LogP contribution in [-0.4, -0.2) is 29.6 Å². The number of ether oxygens (including phenoxy) is 1. The van der Waals surface area contributed by atoms with E-state index in [-0.39, 0.29) is 6.61 Å². The number of hydrogen-bond acceptors (Lipinski definition) is 3. The molecule has 0 aliphatic carbocycles. The molecule has 0 spiro atoms. The second-order valence-corrected chi connectivity index (χ2v) is 1.59. The van der Waals surface area contributed by atoms with Gasteiger partial charge in [0.15, 0.2) is 0 Å². The summed E-state index contributed by atoms with van der Waals surface area (Å²) in [6.45, 7) is 1.41. The van der Waals surface area contributed by atoms with Crippen LogP contribution in [0.5, 0.6) is 0 Å². The number of carbonyl (C=O) groups is 1. The highest BCUT2D eigenvalue weighted by Crippen LogP contribution is 1.96. The number of aliphatic hydroxyl groups is 1. The molecule has 1 N–H and O–H groups in total. The number of hydrogen-bond donors (Lipinski definition) is 1. The molecule has 0 fully saturated rings. The molecular weight excluding hydrogens is 156 g/mol. The predicted molar refractivity (Wildman–Crippen MR) is 38.0 cm³/mol. The highest BCUT2D eigenvalue weighted by molar-refractivity contribution is 6.18. The Morgan fingerprint density at radius 3 is 3.00 bits per heavy atom. The molecule has 0 amide bonds. The summed E-state index contributed by atoms with van der Waals surface area (Å²) in [6.07, 6.45) is -5.14. The molecule has 0 unspecified atom stereocenters. The van der Waals surface area contributed by atoms with Crippen molar-refractivity contribution in [2.45, 2.75) is 19.4 Å². The van der Waals surface area contributed by atoms with Gasteiger partial charge in [-0.05, 0) is 6.92 Å². The molecule has 0 aliphatic heterocycles. The Kier molecular flexibility index (Phi) is 2.51. The van der Waals surface area contributed by atoms with Crippen LogP contribution in [0.4, 0.5) is 0 Å². The first-order valence-electron chi connectivity index (χ1n) is 4.68. The lowest BCUT2D eigenvalue weighted by molar-refractivity contribution is -0.144. The summed E-state index contributed by atoms with van der Waals surface area (Å²) < 4.78 is 32.3. The SMILES string of the molecule is [2H]C([2H])(Cl)[C@H](O)C([2H])([2H])C(=O)OCC. The average molecular weight is 171 g/mol. The van der Waals surface area contributed by atoms with Crippen molar-refractivity contribution in [2.75, 3.05) is 12.4 Å². The molecule has 10 heavy (non-hydrogen) atoms. The zero-order chi connectivity index (χ0) is 11.6. The van der Waals surface area contributed by atoms with Gasteiger partial charge in [0.25, 0.3) is 0 Å². The van der Waals surface area contributed by atoms with E-state index in [0.29, 0.717) is 0 Å². The minimum atomic E-state index is -2.86. The van der Waals surface area contributed by atoms with Gasteiger partial charge < -0.3 is 9.84 Å². The van der Waals surface area contributed by atoms with Crippen LogP contribution in [0.25, 0.3) is 0 Å². The van der Waals surface area contributed by atoms with E-state index in [0.717, 1.165) is 0 Å². The third-order valence-corrected chi connectivity index (χ3v) is 0.840. The molecule has 0 aromatic rings. The van der Waals surface area contributed by atoms with Crippen LogP contribution in [0.3, 0.4) is 0 Å². The van der Waals surface area contributed by atoms with Crippen LogP contribution >= 0.6 is 11.6 Å². The molecule has 0 radical (unpaired) electrons. The number of aliphatic hydroxyl groups excluding tert-OH is 1. The van der Waals surface area contributed by atoms with E-state index in [2.05, 4.69) is 4.74 Å². The molecule has 0 saturated carbocycles. The van der Waals surface area contributed by atoms with Gasteiger partial charge in [-0.25, -0.2) is 0 Å². The molecule has 4 heteroatoms. The first-order valence-corrected chi connectivity index (χ1v) is 3.06. The van der Waals surface area contributed by atoms with Crippen LogP contribution in [0.1, 0.15) is 18.8 Å². The molecule has 0 aromatic heterocycles. The van der Waals surface area contributed by atoms with Crippen LogP contribution in [0, 0.1) is 0 Å². The van der Waals surface area contributed by atoms with Crippen molar-refractivity contribution in [3.05, 3.63) is 0 Å². The Morgan fingerprint density at radius 2 is 2.60 bits per heavy atom. The largest absolute Gasteiger partial charge is 0.466 e. The second-order valence-electron chi connectivity index (χ2n) is 1.38. The van der Waals surface area contributed by atoms with Crippen molar-refractivity contribution >= 4 is 17.6 Å². The van der Waals surface area contributed by atoms with Gasteiger partial charge in [0, 0.05) is 11.3 Å². The van der Waals surface area contributed by atoms with E-state index >= 15 is 0 Å². The van der Waals surface area contributed by atoms with Crippen molar-refractivity contribution in [1.29, 1.82) is 0 Å². The van der Waals surface area contributed by atoms with Gasteiger partial charge in [-0.3, -0.25) is 4.79 Å². The first kappa shape index (κ1) is 4.57. The maximum atomic E-state index is 11.0. The lowest BCUT2D eigenvalue weighted by atomic mass is 10.3. The second kappa shape index (κ2) is 5.50. The highest BCUT2D eigenvalue weighted by Gasteiger charge is 2.09. The molecular formula is C6H11ClO3.